The summed E-state index contributed by atoms with van der Waals surface area (Å²) in [6.07, 6.45) is 11.0. The molecule has 0 aromatic heterocycles. The van der Waals surface area contributed by atoms with Gasteiger partial charge in [-0.3, -0.25) is 0 Å². The Morgan fingerprint density at radius 1 is 0.485 bits per heavy atom. The van der Waals surface area contributed by atoms with Crippen molar-refractivity contribution in [1.29, 1.82) is 0 Å². The lowest BCUT2D eigenvalue weighted by atomic mass is 9.85. The molecule has 0 heterocycles. The molecular weight excluding hydrogens is 511 g/mol. The van der Waals surface area contributed by atoms with E-state index in [0.29, 0.717) is 0 Å². The average molecular weight is 547 g/mol. The molecule has 0 aliphatic rings. The second kappa shape index (κ2) is 9.78. The molecule has 0 amide bonds. The molecular formula is C32H35I. The van der Waals surface area contributed by atoms with Crippen LogP contribution < -0.4 is 0 Å². The number of hydrogen-bond acceptors (Lipinski definition) is 0. The third kappa shape index (κ3) is 4.34. The van der Waals surface area contributed by atoms with Crippen molar-refractivity contribution < 1.29 is 0 Å². The average Bonchev–Trinajstić information content (AvgIpc) is 2.82. The molecule has 0 aliphatic carbocycles. The van der Waals surface area contributed by atoms with Crippen LogP contribution in [-0.2, 0) is 19.3 Å². The molecule has 0 fully saturated rings. The molecule has 0 unspecified atom stereocenters. The minimum atomic E-state index is 1.17. The fraction of sp³-hybridized carbons (Fsp3) is 0.375. The lowest BCUT2D eigenvalue weighted by Crippen LogP contribution is -1.95. The second-order valence-corrected chi connectivity index (χ2v) is 11.1. The quantitative estimate of drug-likeness (QED) is 0.0980. The molecule has 0 radical (unpaired) electrons. The van der Waals surface area contributed by atoms with E-state index in [-0.39, 0.29) is 0 Å². The summed E-state index contributed by atoms with van der Waals surface area (Å²) in [5.74, 6) is 0. The van der Waals surface area contributed by atoms with Crippen LogP contribution in [0.2, 0.25) is 0 Å². The first-order valence-electron chi connectivity index (χ1n) is 13.0. The molecule has 0 nitrogen and oxygen atoms in total. The summed E-state index contributed by atoms with van der Waals surface area (Å²) in [6.45, 7) is 6.88. The molecule has 0 aliphatic heterocycles. The van der Waals surface area contributed by atoms with Gasteiger partial charge in [-0.25, -0.2) is 0 Å². The number of fused-ring (bicyclic) bond motifs is 2. The molecule has 0 N–H and O–H groups in total. The Bertz CT molecular complexity index is 1420. The number of halogens is 1. The summed E-state index contributed by atoms with van der Waals surface area (Å²) >= 11 is 2.51. The smallest absolute Gasteiger partial charge is 0.0142 e. The fourth-order valence-electron chi connectivity index (χ4n) is 5.61. The number of rotatable bonds is 9. The van der Waals surface area contributed by atoms with Crippen LogP contribution in [0.4, 0.5) is 0 Å². The largest absolute Gasteiger partial charge is 0.0654 e. The minimum absolute atomic E-state index is 1.17. The summed E-state index contributed by atoms with van der Waals surface area (Å²) in [6, 6.07) is 19.8. The molecule has 0 saturated heterocycles. The van der Waals surface area contributed by atoms with Crippen molar-refractivity contribution in [3.8, 4) is 0 Å². The molecule has 5 aromatic carbocycles. The van der Waals surface area contributed by atoms with E-state index >= 15 is 0 Å². The number of unbranched alkanes of at least 4 members (excludes halogenated alkanes) is 3. The van der Waals surface area contributed by atoms with Crippen LogP contribution in [0.1, 0.15) is 76.0 Å². The van der Waals surface area contributed by atoms with Crippen molar-refractivity contribution in [2.24, 2.45) is 0 Å². The summed E-state index contributed by atoms with van der Waals surface area (Å²) in [7, 11) is 0. The van der Waals surface area contributed by atoms with E-state index in [2.05, 4.69) is 91.9 Å². The monoisotopic (exact) mass is 546 g/mol. The molecule has 5 aromatic rings. The Morgan fingerprint density at radius 2 is 0.848 bits per heavy atom. The van der Waals surface area contributed by atoms with Crippen molar-refractivity contribution in [1.82, 2.24) is 0 Å². The van der Waals surface area contributed by atoms with E-state index in [1.165, 1.54) is 121 Å². The predicted molar refractivity (Wildman–Crippen MR) is 156 cm³/mol. The van der Waals surface area contributed by atoms with Gasteiger partial charge in [-0.2, -0.15) is 0 Å². The topological polar surface area (TPSA) is 0 Å². The van der Waals surface area contributed by atoms with E-state index < -0.39 is 0 Å². The van der Waals surface area contributed by atoms with Crippen molar-refractivity contribution in [2.45, 2.75) is 78.6 Å². The Balaban J connectivity index is 1.91. The molecule has 170 valence electrons. The lowest BCUT2D eigenvalue weighted by Gasteiger charge is -2.19. The van der Waals surface area contributed by atoms with Crippen molar-refractivity contribution in [2.75, 3.05) is 0 Å². The molecule has 0 spiro atoms. The zero-order valence-corrected chi connectivity index (χ0v) is 22.5. The molecule has 0 bridgehead atoms. The van der Waals surface area contributed by atoms with Crippen LogP contribution >= 0.6 is 22.6 Å². The third-order valence-corrected chi connectivity index (χ3v) is 7.90. The number of aryl methyl sites for hydroxylation is 3. The van der Waals surface area contributed by atoms with Crippen LogP contribution in [0.15, 0.2) is 48.5 Å². The van der Waals surface area contributed by atoms with Crippen LogP contribution in [0, 0.1) is 3.57 Å². The highest BCUT2D eigenvalue weighted by atomic mass is 127. The SMILES string of the molecule is CCCCc1cc2cc(I)cc3c4cc(CCCC)cc5cc(CCCC)cc(c(c1)c23)c54. The van der Waals surface area contributed by atoms with Gasteiger partial charge in [0.2, 0.25) is 0 Å². The van der Waals surface area contributed by atoms with Crippen LogP contribution in [0.5, 0.6) is 0 Å². The van der Waals surface area contributed by atoms with Gasteiger partial charge in [0, 0.05) is 3.57 Å². The van der Waals surface area contributed by atoms with Gasteiger partial charge in [-0.1, -0.05) is 76.4 Å². The number of benzene rings is 5. The Labute approximate surface area is 212 Å². The zero-order chi connectivity index (χ0) is 22.9. The minimum Gasteiger partial charge on any atom is -0.0654 e. The summed E-state index contributed by atoms with van der Waals surface area (Å²) in [4.78, 5) is 0. The van der Waals surface area contributed by atoms with Crippen LogP contribution in [0.25, 0.3) is 43.1 Å². The zero-order valence-electron chi connectivity index (χ0n) is 20.4. The van der Waals surface area contributed by atoms with Crippen molar-refractivity contribution in [3.63, 3.8) is 0 Å². The predicted octanol–water partition coefficient (Wildman–Crippen LogP) is 10.4. The highest BCUT2D eigenvalue weighted by molar-refractivity contribution is 14.1. The van der Waals surface area contributed by atoms with Crippen LogP contribution in [-0.4, -0.2) is 0 Å². The summed E-state index contributed by atoms with van der Waals surface area (Å²) in [5.41, 5.74) is 4.48. The normalized spacial score (nSPS) is 12.1. The standard InChI is InChI=1S/C32H35I/c1-4-7-10-21-13-24-14-22(11-8-5-2)18-29-30-20-26(33)19-25-15-23(12-9-6-3)17-28(32(25)30)27(16-21)31(24)29/h13-20H,4-12H2,1-3H3. The molecule has 5 rings (SSSR count). The van der Waals surface area contributed by atoms with Gasteiger partial charge in [-0.15, -0.1) is 0 Å². The number of hydrogen-bond donors (Lipinski definition) is 0. The first-order chi connectivity index (χ1) is 16.1. The van der Waals surface area contributed by atoms with E-state index in [1.807, 2.05) is 0 Å². The molecule has 33 heavy (non-hydrogen) atoms. The Kier molecular flexibility index (Phi) is 6.79. The van der Waals surface area contributed by atoms with Gasteiger partial charge < -0.3 is 0 Å². The van der Waals surface area contributed by atoms with Gasteiger partial charge in [0.05, 0.1) is 0 Å². The highest BCUT2D eigenvalue weighted by Crippen LogP contribution is 2.43. The van der Waals surface area contributed by atoms with Crippen LogP contribution in [0.3, 0.4) is 0 Å². The second-order valence-electron chi connectivity index (χ2n) is 9.89. The molecule has 0 saturated carbocycles. The highest BCUT2D eigenvalue weighted by Gasteiger charge is 2.16. The fourth-order valence-corrected chi connectivity index (χ4v) is 6.25. The Hall–Kier alpha value is -1.87. The molecule has 0 atom stereocenters. The molecule has 1 heteroatoms. The van der Waals surface area contributed by atoms with E-state index in [9.17, 15) is 0 Å². The summed E-state index contributed by atoms with van der Waals surface area (Å²) < 4.78 is 1.34. The van der Waals surface area contributed by atoms with Crippen molar-refractivity contribution in [3.05, 3.63) is 68.8 Å². The first kappa shape index (κ1) is 22.9. The van der Waals surface area contributed by atoms with Gasteiger partial charge in [0.15, 0.2) is 0 Å². The maximum absolute atomic E-state index is 2.52. The van der Waals surface area contributed by atoms with E-state index in [4.69, 9.17) is 0 Å². The van der Waals surface area contributed by atoms with Gasteiger partial charge in [0.1, 0.15) is 0 Å². The van der Waals surface area contributed by atoms with E-state index in [0.717, 1.165) is 0 Å². The van der Waals surface area contributed by atoms with Gasteiger partial charge >= 0.3 is 0 Å². The maximum Gasteiger partial charge on any atom is 0.0142 e. The van der Waals surface area contributed by atoms with Crippen molar-refractivity contribution >= 4 is 65.7 Å². The Morgan fingerprint density at radius 3 is 1.24 bits per heavy atom. The third-order valence-electron chi connectivity index (χ3n) is 7.28. The maximum atomic E-state index is 2.52. The first-order valence-corrected chi connectivity index (χ1v) is 14.1. The van der Waals surface area contributed by atoms with Gasteiger partial charge in [0.25, 0.3) is 0 Å². The van der Waals surface area contributed by atoms with E-state index in [1.54, 1.807) is 0 Å². The lowest BCUT2D eigenvalue weighted by molar-refractivity contribution is 0.795. The summed E-state index contributed by atoms with van der Waals surface area (Å²) in [5, 5.41) is 11.6. The van der Waals surface area contributed by atoms with Gasteiger partial charge in [-0.05, 0) is 133 Å².